The van der Waals surface area contributed by atoms with Gasteiger partial charge in [-0.2, -0.15) is 11.3 Å². The molecule has 0 unspecified atom stereocenters. The average molecular weight is 1740 g/mol. The molecule has 21 nitrogen and oxygen atoms in total. The van der Waals surface area contributed by atoms with Gasteiger partial charge in [0.15, 0.2) is 82.3 Å². The van der Waals surface area contributed by atoms with Crippen molar-refractivity contribution < 1.29 is 55.2 Å². The van der Waals surface area contributed by atoms with Crippen LogP contribution in [0, 0.1) is 0 Å². The van der Waals surface area contributed by atoms with Crippen LogP contribution in [0.25, 0.3) is 89.7 Å². The summed E-state index contributed by atoms with van der Waals surface area (Å²) in [6.07, 6.45) is 30.7. The molecule has 0 spiro atoms. The second-order valence-corrected chi connectivity index (χ2v) is 45.4. The number of fused-ring (bicyclic) bond motifs is 20. The van der Waals surface area contributed by atoms with Gasteiger partial charge in [0, 0.05) is 43.8 Å². The Balaban J connectivity index is 1.31. The van der Waals surface area contributed by atoms with E-state index in [-0.39, 0.29) is 152 Å². The lowest BCUT2D eigenvalue weighted by molar-refractivity contribution is 0.305. The molecular weight excluding hydrogens is 1610 g/mol. The number of H-pyrrole nitrogens is 2. The molecule has 2 aliphatic rings. The number of thiophene rings is 1. The third kappa shape index (κ3) is 25.1. The SMILES string of the molecule is CCCCCCCCS(=O)(=O)c1cc2c(cc1S(=O)(=O)CCCCCCCC)-c1nc-2nc2[nH]c(nc3nc(nc4[nH]c(n1)c1cc(S(=O)(=O)CCCCCCCC)c(S(=O)(=O)CCCCCCCC)cc41)-c1cc(OCCCCCc4ccsc4)ccc1-3)c1cc(S(=O)(=O)CCCCCCCC)c(S(=O)(=O)CCCCCCCC)cc21. The molecule has 0 atom stereocenters. The minimum atomic E-state index is -4.45. The molecule has 8 bridgehead atoms. The van der Waals surface area contributed by atoms with Gasteiger partial charge in [-0.25, -0.2) is 80.4 Å². The van der Waals surface area contributed by atoms with E-state index in [2.05, 4.69) is 68.3 Å². The standard InChI is InChI=1S/C89H126N8O13S7/c1-7-13-19-25-31-40-52-112(98,99)76-59-70-71(60-77(76)113(100,101)53-41-32-26-20-14-8-2)86-93-84(70)91-82-68-48-47-67(110-50-39-37-38-46-66-49-51-111-65-66)58-69(68)83(90-82)92-85-72-61-78(114(102,103)54-42-33-27-21-15-9-3)79(115(104,105)55-43-34-28-22-16-10-4)62-73(72)87(94-85)96-89-75-64-81(117(108,109)57-45-36-30-24-18-12-6)80(63-74(75)88(95-86)97-89)116(106,107)56-44-35-29-23-17-11-5/h47-49,51,58-65H,7-46,50,52-57H2,1-6H3,(H2,90,91,92,93,94,95,96,97). The number of sulfone groups is 6. The molecule has 642 valence electrons. The Morgan fingerprint density at radius 2 is 0.547 bits per heavy atom. The minimum Gasteiger partial charge on any atom is -0.494 e. The van der Waals surface area contributed by atoms with E-state index < -0.39 is 88.4 Å². The molecule has 4 aromatic heterocycles. The Hall–Kier alpha value is -6.56. The van der Waals surface area contributed by atoms with Crippen LogP contribution in [0.4, 0.5) is 0 Å². The molecule has 4 aromatic carbocycles. The normalized spacial score (nSPS) is 12.8. The van der Waals surface area contributed by atoms with E-state index in [1.54, 1.807) is 29.5 Å². The van der Waals surface area contributed by atoms with Gasteiger partial charge in [-0.3, -0.25) is 0 Å². The number of hydrogen-bond acceptors (Lipinski definition) is 20. The molecule has 0 amide bonds. The number of aromatic amines is 2. The highest BCUT2D eigenvalue weighted by molar-refractivity contribution is 7.95. The molecule has 2 N–H and O–H groups in total. The van der Waals surface area contributed by atoms with Crippen molar-refractivity contribution in [1.29, 1.82) is 0 Å². The van der Waals surface area contributed by atoms with Gasteiger partial charge >= 0.3 is 0 Å². The summed E-state index contributed by atoms with van der Waals surface area (Å²) >= 11 is 1.67. The number of unbranched alkanes of at least 4 members (excludes halogenated alkanes) is 32. The van der Waals surface area contributed by atoms with Crippen molar-refractivity contribution in [2.45, 2.75) is 328 Å². The molecule has 28 heteroatoms. The molecule has 0 fully saturated rings. The molecular formula is C89H126N8O13S7. The summed E-state index contributed by atoms with van der Waals surface area (Å²) in [5.41, 5.74) is 1.99. The number of ether oxygens (including phenoxy) is 1. The lowest BCUT2D eigenvalue weighted by Gasteiger charge is -2.14. The molecule has 6 heterocycles. The highest BCUT2D eigenvalue weighted by Gasteiger charge is 2.36. The van der Waals surface area contributed by atoms with Crippen LogP contribution < -0.4 is 4.74 Å². The number of aromatic nitrogens is 8. The molecule has 2 aliphatic heterocycles. The van der Waals surface area contributed by atoms with Crippen molar-refractivity contribution in [1.82, 2.24) is 39.9 Å². The fourth-order valence-electron chi connectivity index (χ4n) is 15.7. The fourth-order valence-corrected chi connectivity index (χ4v) is 27.5. The molecule has 10 rings (SSSR count). The number of aryl methyl sites for hydroxylation is 1. The Bertz CT molecular complexity index is 5550. The number of nitrogens with zero attached hydrogens (tertiary/aromatic N) is 6. The van der Waals surface area contributed by atoms with Crippen LogP contribution in [0.2, 0.25) is 0 Å². The van der Waals surface area contributed by atoms with Gasteiger partial charge in [0.25, 0.3) is 0 Å². The summed E-state index contributed by atoms with van der Waals surface area (Å²) in [4.78, 5) is 35.4. The van der Waals surface area contributed by atoms with Crippen molar-refractivity contribution in [3.8, 4) is 51.3 Å². The number of rotatable bonds is 55. The minimum absolute atomic E-state index is 0.00553. The van der Waals surface area contributed by atoms with Crippen LogP contribution in [-0.4, -0.2) is 132 Å². The molecule has 117 heavy (non-hydrogen) atoms. The van der Waals surface area contributed by atoms with E-state index in [9.17, 15) is 0 Å². The van der Waals surface area contributed by atoms with Gasteiger partial charge in [-0.05, 0) is 141 Å². The van der Waals surface area contributed by atoms with Crippen molar-refractivity contribution in [3.63, 3.8) is 0 Å². The smallest absolute Gasteiger partial charge is 0.179 e. The zero-order valence-corrected chi connectivity index (χ0v) is 75.7. The third-order valence-corrected chi connectivity index (χ3v) is 34.7. The Kier molecular flexibility index (Phi) is 35.1. The van der Waals surface area contributed by atoms with Crippen LogP contribution in [-0.2, 0) is 65.4 Å². The lowest BCUT2D eigenvalue weighted by atomic mass is 10.1. The Morgan fingerprint density at radius 3 is 0.838 bits per heavy atom. The number of nitrogens with one attached hydrogen (secondary N) is 2. The van der Waals surface area contributed by atoms with Gasteiger partial charge < -0.3 is 14.7 Å². The molecule has 0 aliphatic carbocycles. The van der Waals surface area contributed by atoms with Gasteiger partial charge in [-0.15, -0.1) is 0 Å². The predicted molar refractivity (Wildman–Crippen MR) is 476 cm³/mol. The summed E-state index contributed by atoms with van der Waals surface area (Å²) in [6.45, 7) is 12.9. The first-order chi connectivity index (χ1) is 56.3. The molecule has 0 radical (unpaired) electrons. The average Bonchev–Trinajstić information content (AvgIpc) is 1.50. The Labute approximate surface area is 701 Å². The maximum absolute atomic E-state index is 15.3. The first-order valence-electron chi connectivity index (χ1n) is 43.8. The monoisotopic (exact) mass is 1740 g/mol. The molecule has 0 saturated heterocycles. The van der Waals surface area contributed by atoms with E-state index in [1.807, 2.05) is 0 Å². The second kappa shape index (κ2) is 44.3. The van der Waals surface area contributed by atoms with Crippen molar-refractivity contribution >= 4 is 114 Å². The maximum atomic E-state index is 15.3. The van der Waals surface area contributed by atoms with E-state index in [4.69, 9.17) is 34.6 Å². The van der Waals surface area contributed by atoms with Crippen molar-refractivity contribution in [2.24, 2.45) is 0 Å². The summed E-state index contributed by atoms with van der Waals surface area (Å²) in [6, 6.07) is 15.4. The summed E-state index contributed by atoms with van der Waals surface area (Å²) in [7, 11) is -26.5. The molecule has 0 saturated carbocycles. The molecule has 8 aromatic rings. The predicted octanol–water partition coefficient (Wildman–Crippen LogP) is 22.5. The van der Waals surface area contributed by atoms with Crippen molar-refractivity contribution in [2.75, 3.05) is 41.1 Å². The Morgan fingerprint density at radius 1 is 0.282 bits per heavy atom. The highest BCUT2D eigenvalue weighted by Crippen LogP contribution is 2.44. The maximum Gasteiger partial charge on any atom is 0.179 e. The van der Waals surface area contributed by atoms with E-state index in [0.29, 0.717) is 62.0 Å². The van der Waals surface area contributed by atoms with Crippen LogP contribution in [0.15, 0.2) is 101 Å². The van der Waals surface area contributed by atoms with Crippen LogP contribution in [0.3, 0.4) is 0 Å². The third-order valence-electron chi connectivity index (χ3n) is 22.6. The lowest BCUT2D eigenvalue weighted by Crippen LogP contribution is -2.16. The summed E-state index contributed by atoms with van der Waals surface area (Å²) in [5.74, 6) is -2.01. The second-order valence-electron chi connectivity index (χ2n) is 32.2. The van der Waals surface area contributed by atoms with Crippen LogP contribution in [0.5, 0.6) is 5.75 Å². The van der Waals surface area contributed by atoms with Gasteiger partial charge in [0.1, 0.15) is 28.3 Å². The zero-order valence-electron chi connectivity index (χ0n) is 70.0. The quantitative estimate of drug-likeness (QED) is 0.0334. The number of hydrogen-bond donors (Lipinski definition) is 2. The van der Waals surface area contributed by atoms with Gasteiger partial charge in [0.2, 0.25) is 0 Å². The van der Waals surface area contributed by atoms with E-state index in [1.165, 1.54) is 42.0 Å². The van der Waals surface area contributed by atoms with Crippen LogP contribution in [0.1, 0.15) is 298 Å². The first-order valence-corrected chi connectivity index (χ1v) is 54.7. The summed E-state index contributed by atoms with van der Waals surface area (Å²) in [5, 5.41) is 4.69. The topological polar surface area (TPSA) is 323 Å². The zero-order chi connectivity index (χ0) is 83.6. The van der Waals surface area contributed by atoms with Gasteiger partial charge in [-0.1, -0.05) is 234 Å². The van der Waals surface area contributed by atoms with Gasteiger partial charge in [0.05, 0.1) is 70.5 Å². The van der Waals surface area contributed by atoms with Crippen molar-refractivity contribution in [3.05, 3.63) is 77.0 Å². The first kappa shape index (κ1) is 92.7. The van der Waals surface area contributed by atoms with E-state index >= 15 is 50.5 Å². The largest absolute Gasteiger partial charge is 0.494 e. The van der Waals surface area contributed by atoms with E-state index in [0.717, 1.165) is 180 Å². The number of benzene rings is 4. The fraction of sp³-hybridized carbons (Fsp3) is 0.596. The summed E-state index contributed by atoms with van der Waals surface area (Å²) < 4.78 is 190. The van der Waals surface area contributed by atoms with Crippen LogP contribution >= 0.6 is 11.3 Å². The highest BCUT2D eigenvalue weighted by atomic mass is 32.2.